The van der Waals surface area contributed by atoms with E-state index in [1.807, 2.05) is 6.07 Å². The number of fused-ring (bicyclic) bond motifs is 1. The van der Waals surface area contributed by atoms with E-state index in [0.29, 0.717) is 15.9 Å². The van der Waals surface area contributed by atoms with Crippen molar-refractivity contribution >= 4 is 45.1 Å². The highest BCUT2D eigenvalue weighted by atomic mass is 127. The van der Waals surface area contributed by atoms with Crippen molar-refractivity contribution in [3.05, 3.63) is 73.1 Å². The third kappa shape index (κ3) is 2.80. The van der Waals surface area contributed by atoms with Crippen LogP contribution in [0.1, 0.15) is 5.56 Å². The van der Waals surface area contributed by atoms with Crippen LogP contribution in [0, 0.1) is 9.39 Å². The molecule has 6 heteroatoms. The van der Waals surface area contributed by atoms with Crippen LogP contribution in [0.15, 0.2) is 47.5 Å². The number of hydrogen-bond donors (Lipinski definition) is 0. The number of rotatable bonds is 2. The summed E-state index contributed by atoms with van der Waals surface area (Å²) in [6.45, 7) is 0.0543. The van der Waals surface area contributed by atoms with Crippen LogP contribution in [0.4, 0.5) is 4.39 Å². The molecule has 0 N–H and O–H groups in total. The third-order valence-corrected chi connectivity index (χ3v) is 4.20. The highest BCUT2D eigenvalue weighted by Gasteiger charge is 2.10. The molecule has 0 amide bonds. The van der Waals surface area contributed by atoms with Crippen LogP contribution >= 0.6 is 34.2 Å². The first-order valence-corrected chi connectivity index (χ1v) is 7.59. The molecule has 0 saturated heterocycles. The molecule has 0 aliphatic heterocycles. The van der Waals surface area contributed by atoms with Crippen LogP contribution in [0.25, 0.3) is 10.9 Å². The van der Waals surface area contributed by atoms with Crippen molar-refractivity contribution in [1.82, 2.24) is 9.55 Å². The van der Waals surface area contributed by atoms with Gasteiger partial charge in [0, 0.05) is 14.2 Å². The van der Waals surface area contributed by atoms with Crippen molar-refractivity contribution in [2.75, 3.05) is 0 Å². The molecule has 1 aromatic heterocycles. The van der Waals surface area contributed by atoms with Crippen LogP contribution in [-0.4, -0.2) is 9.55 Å². The van der Waals surface area contributed by atoms with Crippen molar-refractivity contribution in [2.24, 2.45) is 0 Å². The first-order chi connectivity index (χ1) is 10.1. The average Bonchev–Trinajstić information content (AvgIpc) is 2.46. The van der Waals surface area contributed by atoms with Crippen LogP contribution in [0.2, 0.25) is 5.02 Å². The molecule has 0 saturated carbocycles. The molecule has 1 heterocycles. The Hall–Kier alpha value is -1.47. The Labute approximate surface area is 138 Å². The number of nitrogens with zero attached hydrogens (tertiary/aromatic N) is 2. The zero-order valence-electron chi connectivity index (χ0n) is 10.7. The summed E-state index contributed by atoms with van der Waals surface area (Å²) in [7, 11) is 0. The molecule has 106 valence electrons. The predicted octanol–water partition coefficient (Wildman–Crippen LogP) is 3.84. The van der Waals surface area contributed by atoms with Crippen molar-refractivity contribution in [1.29, 1.82) is 0 Å². The Morgan fingerprint density at radius 2 is 2.10 bits per heavy atom. The van der Waals surface area contributed by atoms with Crippen molar-refractivity contribution in [2.45, 2.75) is 6.54 Å². The molecule has 0 bridgehead atoms. The Bertz CT molecular complexity index is 874. The van der Waals surface area contributed by atoms with Gasteiger partial charge >= 0.3 is 0 Å². The summed E-state index contributed by atoms with van der Waals surface area (Å²) in [6, 6.07) is 9.90. The molecule has 2 aromatic carbocycles. The van der Waals surface area contributed by atoms with Gasteiger partial charge in [0.05, 0.1) is 23.8 Å². The molecule has 0 atom stereocenters. The molecule has 0 unspecified atom stereocenters. The summed E-state index contributed by atoms with van der Waals surface area (Å²) in [5, 5.41) is 0.807. The molecule has 0 aliphatic carbocycles. The number of hydrogen-bond acceptors (Lipinski definition) is 2. The SMILES string of the molecule is O=c1c2cc(I)ccc2ncn1Cc1c(F)cccc1Cl. The maximum absolute atomic E-state index is 13.8. The zero-order chi connectivity index (χ0) is 15.0. The summed E-state index contributed by atoms with van der Waals surface area (Å²) in [4.78, 5) is 16.7. The van der Waals surface area contributed by atoms with Gasteiger partial charge in [-0.25, -0.2) is 9.37 Å². The molecule has 0 radical (unpaired) electrons. The topological polar surface area (TPSA) is 34.9 Å². The minimum absolute atomic E-state index is 0.0543. The fourth-order valence-corrected chi connectivity index (χ4v) is 2.81. The summed E-state index contributed by atoms with van der Waals surface area (Å²) < 4.78 is 16.1. The lowest BCUT2D eigenvalue weighted by Gasteiger charge is -2.09. The zero-order valence-corrected chi connectivity index (χ0v) is 13.6. The molecular formula is C15H9ClFIN2O. The monoisotopic (exact) mass is 414 g/mol. The first-order valence-electron chi connectivity index (χ1n) is 6.14. The maximum Gasteiger partial charge on any atom is 0.261 e. The normalized spacial score (nSPS) is 11.0. The lowest BCUT2D eigenvalue weighted by atomic mass is 10.2. The van der Waals surface area contributed by atoms with Gasteiger partial charge in [0.15, 0.2) is 0 Å². The fourth-order valence-electron chi connectivity index (χ4n) is 2.10. The van der Waals surface area contributed by atoms with Gasteiger partial charge < -0.3 is 0 Å². The van der Waals surface area contributed by atoms with E-state index in [1.165, 1.54) is 23.0 Å². The maximum atomic E-state index is 13.8. The van der Waals surface area contributed by atoms with Crippen LogP contribution in [0.5, 0.6) is 0 Å². The second-order valence-corrected chi connectivity index (χ2v) is 6.19. The van der Waals surface area contributed by atoms with E-state index in [-0.39, 0.29) is 17.7 Å². The number of aromatic nitrogens is 2. The van der Waals surface area contributed by atoms with E-state index in [4.69, 9.17) is 11.6 Å². The minimum Gasteiger partial charge on any atom is -0.294 e. The van der Waals surface area contributed by atoms with Gasteiger partial charge in [-0.1, -0.05) is 17.7 Å². The van der Waals surface area contributed by atoms with Gasteiger partial charge in [-0.15, -0.1) is 0 Å². The Balaban J connectivity index is 2.14. The lowest BCUT2D eigenvalue weighted by molar-refractivity contribution is 0.595. The molecular weight excluding hydrogens is 406 g/mol. The molecule has 3 nitrogen and oxygen atoms in total. The van der Waals surface area contributed by atoms with Gasteiger partial charge in [0.1, 0.15) is 5.82 Å². The van der Waals surface area contributed by atoms with E-state index in [9.17, 15) is 9.18 Å². The van der Waals surface area contributed by atoms with Gasteiger partial charge in [0.2, 0.25) is 0 Å². The number of halogens is 3. The van der Waals surface area contributed by atoms with Crippen LogP contribution in [0.3, 0.4) is 0 Å². The lowest BCUT2D eigenvalue weighted by Crippen LogP contribution is -2.21. The Kier molecular flexibility index (Phi) is 3.95. The summed E-state index contributed by atoms with van der Waals surface area (Å²) in [6.07, 6.45) is 1.42. The van der Waals surface area contributed by atoms with E-state index < -0.39 is 5.82 Å². The first kappa shape index (κ1) is 14.5. The standard InChI is InChI=1S/C15H9ClFIN2O/c16-12-2-1-3-13(17)11(12)7-20-8-19-14-5-4-9(18)6-10(14)15(20)21/h1-6,8H,7H2. The van der Waals surface area contributed by atoms with Gasteiger partial charge in [-0.3, -0.25) is 9.36 Å². The molecule has 0 spiro atoms. The molecule has 0 aliphatic rings. The molecule has 3 rings (SSSR count). The minimum atomic E-state index is -0.433. The van der Waals surface area contributed by atoms with E-state index in [2.05, 4.69) is 27.6 Å². The molecule has 0 fully saturated rings. The predicted molar refractivity (Wildman–Crippen MR) is 89.2 cm³/mol. The van der Waals surface area contributed by atoms with E-state index in [1.54, 1.807) is 18.2 Å². The van der Waals surface area contributed by atoms with Gasteiger partial charge in [0.25, 0.3) is 5.56 Å². The van der Waals surface area contributed by atoms with E-state index in [0.717, 1.165) is 3.57 Å². The molecule has 21 heavy (non-hydrogen) atoms. The van der Waals surface area contributed by atoms with Crippen molar-refractivity contribution < 1.29 is 4.39 Å². The Morgan fingerprint density at radius 3 is 2.86 bits per heavy atom. The second kappa shape index (κ2) is 5.73. The van der Waals surface area contributed by atoms with Gasteiger partial charge in [-0.05, 0) is 52.9 Å². The smallest absolute Gasteiger partial charge is 0.261 e. The largest absolute Gasteiger partial charge is 0.294 e. The highest BCUT2D eigenvalue weighted by Crippen LogP contribution is 2.20. The van der Waals surface area contributed by atoms with Crippen LogP contribution < -0.4 is 5.56 Å². The second-order valence-electron chi connectivity index (χ2n) is 4.54. The highest BCUT2D eigenvalue weighted by molar-refractivity contribution is 14.1. The van der Waals surface area contributed by atoms with Crippen molar-refractivity contribution in [3.63, 3.8) is 0 Å². The summed E-state index contributed by atoms with van der Waals surface area (Å²) in [5.41, 5.74) is 0.696. The average molecular weight is 415 g/mol. The van der Waals surface area contributed by atoms with Gasteiger partial charge in [-0.2, -0.15) is 0 Å². The third-order valence-electron chi connectivity index (χ3n) is 3.18. The summed E-state index contributed by atoms with van der Waals surface area (Å²) in [5.74, 6) is -0.433. The Morgan fingerprint density at radius 1 is 1.29 bits per heavy atom. The van der Waals surface area contributed by atoms with Crippen molar-refractivity contribution in [3.8, 4) is 0 Å². The fraction of sp³-hybridized carbons (Fsp3) is 0.0667. The molecule has 3 aromatic rings. The quantitative estimate of drug-likeness (QED) is 0.597. The van der Waals surface area contributed by atoms with Crippen LogP contribution in [-0.2, 0) is 6.54 Å². The van der Waals surface area contributed by atoms with E-state index >= 15 is 0 Å². The number of benzene rings is 2. The summed E-state index contributed by atoms with van der Waals surface area (Å²) >= 11 is 8.13.